The highest BCUT2D eigenvalue weighted by Crippen LogP contribution is 2.07. The van der Waals surface area contributed by atoms with E-state index < -0.39 is 0 Å². The number of rotatable bonds is 6. The molecule has 0 aromatic carbocycles. The maximum Gasteiger partial charge on any atom is 0.225 e. The van der Waals surface area contributed by atoms with Gasteiger partial charge < -0.3 is 20.9 Å². The summed E-state index contributed by atoms with van der Waals surface area (Å²) in [4.78, 5) is 22.6. The van der Waals surface area contributed by atoms with Crippen molar-refractivity contribution in [3.05, 3.63) is 55.5 Å². The lowest BCUT2D eigenvalue weighted by atomic mass is 10.3. The van der Waals surface area contributed by atoms with Gasteiger partial charge in [-0.15, -0.1) is 6.58 Å². The van der Waals surface area contributed by atoms with E-state index >= 15 is 0 Å². The second-order valence-corrected chi connectivity index (χ2v) is 6.02. The lowest BCUT2D eigenvalue weighted by molar-refractivity contribution is -0.118. The molecule has 8 heteroatoms. The first kappa shape index (κ1) is 25.3. The van der Waals surface area contributed by atoms with Gasteiger partial charge in [-0.3, -0.25) is 4.79 Å². The second kappa shape index (κ2) is 17.7. The molecular weight excluding hydrogens is 372 g/mol. The number of hydrogen-bond donors (Lipinski definition) is 2. The Kier molecular flexibility index (Phi) is 15.9. The van der Waals surface area contributed by atoms with E-state index in [-0.39, 0.29) is 0 Å². The lowest BCUT2D eigenvalue weighted by Gasteiger charge is -2.32. The molecule has 0 atom stereocenters. The molecule has 1 saturated heterocycles. The maximum atomic E-state index is 10.5. The normalized spacial score (nSPS) is 13.2. The molecule has 1 aliphatic heterocycles. The average Bonchev–Trinajstić information content (AvgIpc) is 2.75. The molecule has 1 aromatic heterocycles. The summed E-state index contributed by atoms with van der Waals surface area (Å²) in [5.41, 5.74) is 5.15. The van der Waals surface area contributed by atoms with Crippen LogP contribution in [0.4, 0.5) is 5.95 Å². The van der Waals surface area contributed by atoms with E-state index in [9.17, 15) is 4.79 Å². The van der Waals surface area contributed by atoms with Crippen LogP contribution in [-0.4, -0.2) is 52.6 Å². The third-order valence-electron chi connectivity index (χ3n) is 3.39. The number of carbonyl (C=O) groups excluding carboxylic acids is 1. The molecule has 2 rings (SSSR count). The average molecular weight is 405 g/mol. The first-order chi connectivity index (χ1) is 13.6. The van der Waals surface area contributed by atoms with Crippen molar-refractivity contribution < 1.29 is 4.79 Å². The molecule has 28 heavy (non-hydrogen) atoms. The van der Waals surface area contributed by atoms with Gasteiger partial charge in [-0.05, 0) is 37.2 Å². The van der Waals surface area contributed by atoms with Gasteiger partial charge in [0.2, 0.25) is 12.4 Å². The van der Waals surface area contributed by atoms with Gasteiger partial charge in [0, 0.05) is 44.8 Å². The van der Waals surface area contributed by atoms with Crippen LogP contribution >= 0.6 is 12.2 Å². The molecule has 1 amide bonds. The van der Waals surface area contributed by atoms with Gasteiger partial charge >= 0.3 is 0 Å². The Labute approximate surface area is 174 Å². The fourth-order valence-electron chi connectivity index (χ4n) is 1.88. The molecule has 7 nitrogen and oxygen atoms in total. The fraction of sp³-hybridized carbons (Fsp3) is 0.400. The first-order valence-electron chi connectivity index (χ1n) is 9.28. The number of carbonyl (C=O) groups is 1. The highest BCUT2D eigenvalue weighted by molar-refractivity contribution is 7.80. The molecule has 0 spiro atoms. The molecule has 2 heterocycles. The van der Waals surface area contributed by atoms with Crippen molar-refractivity contribution in [1.29, 1.82) is 0 Å². The van der Waals surface area contributed by atoms with E-state index in [1.54, 1.807) is 29.6 Å². The van der Waals surface area contributed by atoms with Crippen molar-refractivity contribution in [3.8, 4) is 0 Å². The SMILES string of the molecule is C=CCC.CC/C=C/C=C/NC(N)=S.O=CN1CCN(c2ncccn2)CC1. The lowest BCUT2D eigenvalue weighted by Crippen LogP contribution is -2.46. The summed E-state index contributed by atoms with van der Waals surface area (Å²) in [6.45, 7) is 10.7. The number of piperazine rings is 1. The third kappa shape index (κ3) is 13.5. The first-order valence-corrected chi connectivity index (χ1v) is 9.69. The molecule has 0 bridgehead atoms. The van der Waals surface area contributed by atoms with E-state index in [1.165, 1.54) is 0 Å². The van der Waals surface area contributed by atoms with Gasteiger partial charge in [-0.25, -0.2) is 9.97 Å². The van der Waals surface area contributed by atoms with Crippen LogP contribution in [0.25, 0.3) is 0 Å². The van der Waals surface area contributed by atoms with Crippen LogP contribution in [0.1, 0.15) is 26.7 Å². The zero-order valence-corrected chi connectivity index (χ0v) is 17.6. The van der Waals surface area contributed by atoms with Crippen molar-refractivity contribution in [3.63, 3.8) is 0 Å². The van der Waals surface area contributed by atoms with Crippen LogP contribution in [0, 0.1) is 0 Å². The number of thiocarbonyl (C=S) groups is 1. The number of hydrogen-bond acceptors (Lipinski definition) is 5. The number of nitrogens with two attached hydrogens (primary N) is 1. The van der Waals surface area contributed by atoms with Gasteiger partial charge in [0.05, 0.1) is 0 Å². The molecular formula is C20H32N6OS. The Morgan fingerprint density at radius 2 is 1.82 bits per heavy atom. The van der Waals surface area contributed by atoms with Gasteiger partial charge in [0.1, 0.15) is 0 Å². The van der Waals surface area contributed by atoms with Crippen LogP contribution in [0.2, 0.25) is 0 Å². The molecule has 0 saturated carbocycles. The summed E-state index contributed by atoms with van der Waals surface area (Å²) in [5, 5.41) is 2.97. The van der Waals surface area contributed by atoms with Crippen LogP contribution in [0.3, 0.4) is 0 Å². The summed E-state index contributed by atoms with van der Waals surface area (Å²) in [6.07, 6.45) is 15.9. The molecule has 0 aliphatic carbocycles. The summed E-state index contributed by atoms with van der Waals surface area (Å²) in [6, 6.07) is 1.80. The Balaban J connectivity index is 0.000000458. The van der Waals surface area contributed by atoms with Crippen molar-refractivity contribution in [2.45, 2.75) is 26.7 Å². The summed E-state index contributed by atoms with van der Waals surface area (Å²) >= 11 is 4.56. The Hall–Kier alpha value is -2.74. The summed E-state index contributed by atoms with van der Waals surface area (Å²) in [7, 11) is 0. The minimum atomic E-state index is 0.293. The highest BCUT2D eigenvalue weighted by Gasteiger charge is 2.16. The second-order valence-electron chi connectivity index (χ2n) is 5.58. The molecule has 0 unspecified atom stereocenters. The Bertz CT molecular complexity index is 598. The predicted molar refractivity (Wildman–Crippen MR) is 121 cm³/mol. The van der Waals surface area contributed by atoms with E-state index in [4.69, 9.17) is 5.73 Å². The minimum absolute atomic E-state index is 0.293. The largest absolute Gasteiger partial charge is 0.376 e. The minimum Gasteiger partial charge on any atom is -0.376 e. The number of amides is 1. The Morgan fingerprint density at radius 1 is 1.21 bits per heavy atom. The third-order valence-corrected chi connectivity index (χ3v) is 3.51. The number of allylic oxidation sites excluding steroid dienone is 4. The standard InChI is InChI=1S/C9H12N4O.C7H12N2S.C4H8/c14-8-12-4-6-13(7-5-12)9-10-2-1-3-11-9;1-2-3-4-5-6-9-7(8)10;1-3-4-2/h1-3,8H,4-7H2;3-6H,2H2,1H3,(H3,8,9,10);3H,1,4H2,2H3/b;4-3+,6-5+;. The van der Waals surface area contributed by atoms with Crippen LogP contribution < -0.4 is 16.0 Å². The molecule has 1 fully saturated rings. The Morgan fingerprint density at radius 3 is 2.29 bits per heavy atom. The quantitative estimate of drug-likeness (QED) is 0.326. The molecule has 3 N–H and O–H groups in total. The molecule has 1 aromatic rings. The van der Waals surface area contributed by atoms with Crippen molar-refractivity contribution in [2.24, 2.45) is 5.73 Å². The smallest absolute Gasteiger partial charge is 0.225 e. The van der Waals surface area contributed by atoms with Crippen molar-refractivity contribution in [1.82, 2.24) is 20.2 Å². The molecule has 1 aliphatic rings. The topological polar surface area (TPSA) is 87.4 Å². The predicted octanol–water partition coefficient (Wildman–Crippen LogP) is 2.64. The van der Waals surface area contributed by atoms with Gasteiger partial charge in [0.25, 0.3) is 0 Å². The van der Waals surface area contributed by atoms with E-state index in [0.29, 0.717) is 5.11 Å². The van der Waals surface area contributed by atoms with Crippen molar-refractivity contribution in [2.75, 3.05) is 31.1 Å². The van der Waals surface area contributed by atoms with E-state index in [0.717, 1.165) is 51.4 Å². The van der Waals surface area contributed by atoms with Crippen LogP contribution in [0.15, 0.2) is 55.5 Å². The fourth-order valence-corrected chi connectivity index (χ4v) is 1.95. The van der Waals surface area contributed by atoms with E-state index in [2.05, 4.69) is 52.8 Å². The molecule has 0 radical (unpaired) electrons. The van der Waals surface area contributed by atoms with Gasteiger partial charge in [-0.1, -0.05) is 32.1 Å². The van der Waals surface area contributed by atoms with Crippen molar-refractivity contribution >= 4 is 29.7 Å². The van der Waals surface area contributed by atoms with Gasteiger partial charge in [-0.2, -0.15) is 0 Å². The maximum absolute atomic E-state index is 10.5. The van der Waals surface area contributed by atoms with Crippen LogP contribution in [-0.2, 0) is 4.79 Å². The number of aromatic nitrogens is 2. The zero-order chi connectivity index (χ0) is 21.0. The molecule has 154 valence electrons. The zero-order valence-electron chi connectivity index (χ0n) is 16.8. The summed E-state index contributed by atoms with van der Waals surface area (Å²) in [5.74, 6) is 0.748. The number of anilines is 1. The van der Waals surface area contributed by atoms with Gasteiger partial charge in [0.15, 0.2) is 5.11 Å². The number of nitrogens with zero attached hydrogens (tertiary/aromatic N) is 4. The number of nitrogens with one attached hydrogen (secondary N) is 1. The summed E-state index contributed by atoms with van der Waals surface area (Å²) < 4.78 is 0. The van der Waals surface area contributed by atoms with E-state index in [1.807, 2.05) is 24.3 Å². The highest BCUT2D eigenvalue weighted by atomic mass is 32.1. The monoisotopic (exact) mass is 404 g/mol. The van der Waals surface area contributed by atoms with Crippen LogP contribution in [0.5, 0.6) is 0 Å².